The lowest BCUT2D eigenvalue weighted by Gasteiger charge is -2.23. The van der Waals surface area contributed by atoms with Gasteiger partial charge in [0.1, 0.15) is 0 Å². The molecule has 0 aliphatic heterocycles. The highest BCUT2D eigenvalue weighted by Gasteiger charge is 2.51. The second kappa shape index (κ2) is 5.15. The van der Waals surface area contributed by atoms with Crippen molar-refractivity contribution < 1.29 is 14.7 Å². The number of carbonyl (C=O) groups is 2. The number of carboxylic acids is 1. The summed E-state index contributed by atoms with van der Waals surface area (Å²) in [6.07, 6.45) is 8.62. The van der Waals surface area contributed by atoms with E-state index in [9.17, 15) is 14.7 Å². The Morgan fingerprint density at radius 3 is 2.45 bits per heavy atom. The minimum atomic E-state index is -0.854. The number of nitrogens with zero attached hydrogens (tertiary/aromatic N) is 1. The molecule has 4 atom stereocenters. The van der Waals surface area contributed by atoms with Crippen molar-refractivity contribution in [3.63, 3.8) is 0 Å². The molecule has 106 valence electrons. The van der Waals surface area contributed by atoms with Crippen LogP contribution in [0.25, 0.3) is 0 Å². The fraction of sp³-hybridized carbons (Fsp3) is 0.467. The quantitative estimate of drug-likeness (QED) is 0.791. The first-order valence-electron chi connectivity index (χ1n) is 6.96. The number of rotatable bonds is 5. The van der Waals surface area contributed by atoms with E-state index >= 15 is 0 Å². The number of aliphatic carboxylic acids is 1. The maximum absolute atomic E-state index is 12.3. The second-order valence-corrected chi connectivity index (χ2v) is 5.55. The number of carboxylic acid groups (broad SMARTS) is 1. The average molecular weight is 274 g/mol. The van der Waals surface area contributed by atoms with E-state index in [1.54, 1.807) is 0 Å². The summed E-state index contributed by atoms with van der Waals surface area (Å²) in [6.45, 7) is 1.23. The second-order valence-electron chi connectivity index (χ2n) is 5.55. The molecule has 0 radical (unpaired) electrons. The molecule has 1 saturated carbocycles. The Hall–Kier alpha value is -2.04. The van der Waals surface area contributed by atoms with Crippen molar-refractivity contribution in [2.45, 2.75) is 13.0 Å². The Kier molecular flexibility index (Phi) is 3.34. The standard InChI is InChI=1S/C15H18N2O3/c18-14(16-5-8-17-6-1-2-7-17)12-10-3-4-11(9-10)13(12)15(19)20/h1-4,6-7,10-13H,5,8-9H2,(H,16,18)(H,19,20). The molecule has 2 aliphatic carbocycles. The number of nitrogens with one attached hydrogen (secondary N) is 1. The molecule has 4 unspecified atom stereocenters. The van der Waals surface area contributed by atoms with Gasteiger partial charge in [-0.2, -0.15) is 0 Å². The largest absolute Gasteiger partial charge is 0.481 e. The van der Waals surface area contributed by atoms with Crippen LogP contribution in [-0.4, -0.2) is 28.1 Å². The maximum atomic E-state index is 12.3. The molecule has 1 aromatic rings. The SMILES string of the molecule is O=C(O)C1C2C=CC(C2)C1C(=O)NCCn1cccc1. The summed E-state index contributed by atoms with van der Waals surface area (Å²) in [7, 11) is 0. The van der Waals surface area contributed by atoms with E-state index in [-0.39, 0.29) is 17.7 Å². The fourth-order valence-electron chi connectivity index (χ4n) is 3.46. The van der Waals surface area contributed by atoms with E-state index in [1.807, 2.05) is 41.2 Å². The van der Waals surface area contributed by atoms with Crippen molar-refractivity contribution in [2.75, 3.05) is 6.54 Å². The van der Waals surface area contributed by atoms with Crippen LogP contribution in [0.2, 0.25) is 0 Å². The first-order chi connectivity index (χ1) is 9.66. The number of fused-ring (bicyclic) bond motifs is 2. The van der Waals surface area contributed by atoms with Crippen LogP contribution in [0.5, 0.6) is 0 Å². The van der Waals surface area contributed by atoms with E-state index in [0.717, 1.165) is 6.42 Å². The summed E-state index contributed by atoms with van der Waals surface area (Å²) in [6, 6.07) is 3.87. The van der Waals surface area contributed by atoms with Gasteiger partial charge in [0.05, 0.1) is 11.8 Å². The molecular weight excluding hydrogens is 256 g/mol. The lowest BCUT2D eigenvalue weighted by molar-refractivity contribution is -0.147. The monoisotopic (exact) mass is 274 g/mol. The predicted molar refractivity (Wildman–Crippen MR) is 72.8 cm³/mol. The molecule has 1 aromatic heterocycles. The van der Waals surface area contributed by atoms with Crippen molar-refractivity contribution >= 4 is 11.9 Å². The summed E-state index contributed by atoms with van der Waals surface area (Å²) >= 11 is 0. The van der Waals surface area contributed by atoms with E-state index in [4.69, 9.17) is 0 Å². The summed E-state index contributed by atoms with van der Waals surface area (Å²) in [5.41, 5.74) is 0. The Morgan fingerprint density at radius 2 is 1.80 bits per heavy atom. The van der Waals surface area contributed by atoms with Crippen LogP contribution in [0, 0.1) is 23.7 Å². The van der Waals surface area contributed by atoms with Gasteiger partial charge in [0, 0.05) is 25.5 Å². The Balaban J connectivity index is 1.59. The van der Waals surface area contributed by atoms with Gasteiger partial charge < -0.3 is 15.0 Å². The van der Waals surface area contributed by atoms with Crippen molar-refractivity contribution in [3.8, 4) is 0 Å². The third kappa shape index (κ3) is 2.24. The van der Waals surface area contributed by atoms with Crippen molar-refractivity contribution in [1.29, 1.82) is 0 Å². The fourth-order valence-corrected chi connectivity index (χ4v) is 3.46. The van der Waals surface area contributed by atoms with Gasteiger partial charge in [0.15, 0.2) is 0 Å². The molecule has 2 N–H and O–H groups in total. The lowest BCUT2D eigenvalue weighted by Crippen LogP contribution is -2.41. The van der Waals surface area contributed by atoms with E-state index in [2.05, 4.69) is 5.32 Å². The zero-order chi connectivity index (χ0) is 14.1. The molecular formula is C15H18N2O3. The normalized spacial score (nSPS) is 30.6. The van der Waals surface area contributed by atoms with Gasteiger partial charge >= 0.3 is 5.97 Å². The van der Waals surface area contributed by atoms with Crippen molar-refractivity contribution in [3.05, 3.63) is 36.7 Å². The highest BCUT2D eigenvalue weighted by Crippen LogP contribution is 2.48. The van der Waals surface area contributed by atoms with Crippen LogP contribution < -0.4 is 5.32 Å². The molecule has 2 aliphatic rings. The van der Waals surface area contributed by atoms with Gasteiger partial charge in [-0.3, -0.25) is 9.59 Å². The Labute approximate surface area is 117 Å². The number of amides is 1. The third-order valence-electron chi connectivity index (χ3n) is 4.38. The van der Waals surface area contributed by atoms with E-state index in [1.165, 1.54) is 0 Å². The molecule has 0 saturated heterocycles. The van der Waals surface area contributed by atoms with Crippen molar-refractivity contribution in [1.82, 2.24) is 9.88 Å². The number of hydrogen-bond acceptors (Lipinski definition) is 2. The topological polar surface area (TPSA) is 71.3 Å². The first kappa shape index (κ1) is 13.0. The number of aromatic nitrogens is 1. The lowest BCUT2D eigenvalue weighted by atomic mass is 9.82. The van der Waals surface area contributed by atoms with Gasteiger partial charge in [-0.25, -0.2) is 0 Å². The summed E-state index contributed by atoms with van der Waals surface area (Å²) in [5.74, 6) is -1.83. The predicted octanol–water partition coefficient (Wildman–Crippen LogP) is 1.13. The third-order valence-corrected chi connectivity index (χ3v) is 4.38. The summed E-state index contributed by atoms with van der Waals surface area (Å²) in [5, 5.41) is 12.2. The van der Waals surface area contributed by atoms with Gasteiger partial charge in [-0.15, -0.1) is 0 Å². The highest BCUT2D eigenvalue weighted by atomic mass is 16.4. The van der Waals surface area contributed by atoms with Gasteiger partial charge in [0.25, 0.3) is 0 Å². The van der Waals surface area contributed by atoms with Gasteiger partial charge in [-0.1, -0.05) is 12.2 Å². The number of hydrogen-bond donors (Lipinski definition) is 2. The molecule has 20 heavy (non-hydrogen) atoms. The minimum Gasteiger partial charge on any atom is -0.481 e. The number of carbonyl (C=O) groups excluding carboxylic acids is 1. The molecule has 2 bridgehead atoms. The van der Waals surface area contributed by atoms with Gasteiger partial charge in [0.2, 0.25) is 5.91 Å². The summed E-state index contributed by atoms with van der Waals surface area (Å²) in [4.78, 5) is 23.6. The number of allylic oxidation sites excluding steroid dienone is 2. The van der Waals surface area contributed by atoms with Crippen LogP contribution in [0.3, 0.4) is 0 Å². The highest BCUT2D eigenvalue weighted by molar-refractivity contribution is 5.86. The Bertz CT molecular complexity index is 535. The van der Waals surface area contributed by atoms with Crippen molar-refractivity contribution in [2.24, 2.45) is 23.7 Å². The Morgan fingerprint density at radius 1 is 1.15 bits per heavy atom. The van der Waals surface area contributed by atoms with Crippen LogP contribution in [0.1, 0.15) is 6.42 Å². The zero-order valence-electron chi connectivity index (χ0n) is 11.1. The molecule has 1 heterocycles. The van der Waals surface area contributed by atoms with Crippen LogP contribution in [0.15, 0.2) is 36.7 Å². The average Bonchev–Trinajstić information content (AvgIpc) is 3.13. The first-order valence-corrected chi connectivity index (χ1v) is 6.96. The van der Waals surface area contributed by atoms with Gasteiger partial charge in [-0.05, 0) is 30.4 Å². The molecule has 1 amide bonds. The molecule has 3 rings (SSSR count). The van der Waals surface area contributed by atoms with E-state index in [0.29, 0.717) is 13.1 Å². The molecule has 0 spiro atoms. The van der Waals surface area contributed by atoms with Crippen LogP contribution in [-0.2, 0) is 16.1 Å². The molecule has 1 fully saturated rings. The zero-order valence-corrected chi connectivity index (χ0v) is 11.1. The minimum absolute atomic E-state index is 0.0256. The van der Waals surface area contributed by atoms with E-state index < -0.39 is 17.8 Å². The van der Waals surface area contributed by atoms with Crippen LogP contribution >= 0.6 is 0 Å². The maximum Gasteiger partial charge on any atom is 0.307 e. The molecule has 0 aromatic carbocycles. The molecule has 5 nitrogen and oxygen atoms in total. The molecule has 5 heteroatoms. The summed E-state index contributed by atoms with van der Waals surface area (Å²) < 4.78 is 1.98. The van der Waals surface area contributed by atoms with Crippen LogP contribution in [0.4, 0.5) is 0 Å². The smallest absolute Gasteiger partial charge is 0.307 e.